The fraction of sp³-hybridized carbons (Fsp3) is 0.429. The summed E-state index contributed by atoms with van der Waals surface area (Å²) in [7, 11) is 9.72. The predicted octanol–water partition coefficient (Wildman–Crippen LogP) is 0.633. The number of methoxy groups -OCH3 is 3. The quantitative estimate of drug-likeness (QED) is 0.475. The van der Waals surface area contributed by atoms with Crippen molar-refractivity contribution in [3.63, 3.8) is 0 Å². The van der Waals surface area contributed by atoms with Crippen molar-refractivity contribution < 1.29 is 42.7 Å². The molecule has 26 heavy (non-hydrogen) atoms. The molecule has 142 valence electrons. The van der Waals surface area contributed by atoms with Gasteiger partial charge in [0.2, 0.25) is 0 Å². The molecule has 0 aromatic heterocycles. The number of rotatable bonds is 5. The largest absolute Gasteiger partial charge is 1.00 e. The average molecular weight is 469 g/mol. The van der Waals surface area contributed by atoms with E-state index in [2.05, 4.69) is 44.4 Å². The Hall–Kier alpha value is -1.47. The molecule has 0 bridgehead atoms. The Kier molecular flexibility index (Phi) is 6.80. The van der Waals surface area contributed by atoms with Crippen LogP contribution in [0.1, 0.15) is 22.7 Å². The molecule has 0 fully saturated rings. The van der Waals surface area contributed by atoms with Crippen LogP contribution in [0.4, 0.5) is 0 Å². The van der Waals surface area contributed by atoms with Crippen LogP contribution in [0, 0.1) is 0 Å². The molecule has 4 nitrogen and oxygen atoms in total. The van der Waals surface area contributed by atoms with Crippen LogP contribution >= 0.6 is 0 Å². The molecule has 0 aliphatic carbocycles. The minimum Gasteiger partial charge on any atom is -1.00 e. The molecule has 1 aliphatic rings. The molecule has 5 heteroatoms. The van der Waals surface area contributed by atoms with Gasteiger partial charge in [0.25, 0.3) is 0 Å². The van der Waals surface area contributed by atoms with Gasteiger partial charge in [-0.3, -0.25) is 0 Å². The standard InChI is InChI=1S/C21H28NO3.HI/c1-22(2)12-11-16-7-6-8-19(24-4)21(16)17(22)13-15-9-10-18(23-3)20(14-15)25-5;/h6-10,14,17H,11-13H2,1-5H3;1H/q+1;/p-1. The molecule has 1 heterocycles. The SMILES string of the molecule is COc1ccc(CC2c3c(cccc3OC)CC[N+]2(C)C)cc1OC.[I-]. The van der Waals surface area contributed by atoms with Gasteiger partial charge in [0.1, 0.15) is 11.8 Å². The summed E-state index contributed by atoms with van der Waals surface area (Å²) in [5, 5.41) is 0. The maximum atomic E-state index is 5.70. The van der Waals surface area contributed by atoms with Gasteiger partial charge in [0.15, 0.2) is 11.5 Å². The summed E-state index contributed by atoms with van der Waals surface area (Å²) in [5.74, 6) is 2.54. The van der Waals surface area contributed by atoms with Crippen LogP contribution in [0.2, 0.25) is 0 Å². The number of nitrogens with zero attached hydrogens (tertiary/aromatic N) is 1. The van der Waals surface area contributed by atoms with Crippen molar-refractivity contribution in [2.24, 2.45) is 0 Å². The van der Waals surface area contributed by atoms with Gasteiger partial charge in [-0.2, -0.15) is 0 Å². The molecule has 1 aliphatic heterocycles. The van der Waals surface area contributed by atoms with E-state index in [4.69, 9.17) is 14.2 Å². The van der Waals surface area contributed by atoms with E-state index in [-0.39, 0.29) is 24.0 Å². The highest BCUT2D eigenvalue weighted by atomic mass is 127. The number of ether oxygens (including phenoxy) is 3. The van der Waals surface area contributed by atoms with E-state index in [0.29, 0.717) is 6.04 Å². The fourth-order valence-electron chi connectivity index (χ4n) is 3.86. The second-order valence-electron chi connectivity index (χ2n) is 7.19. The zero-order chi connectivity index (χ0) is 18.0. The number of quaternary nitrogens is 1. The molecule has 1 unspecified atom stereocenters. The molecule has 0 saturated heterocycles. The van der Waals surface area contributed by atoms with Gasteiger partial charge in [-0.25, -0.2) is 0 Å². The lowest BCUT2D eigenvalue weighted by Gasteiger charge is -2.43. The number of likely N-dealkylation sites (N-methyl/N-ethyl adjacent to an activating group) is 1. The highest BCUT2D eigenvalue weighted by Crippen LogP contribution is 2.41. The van der Waals surface area contributed by atoms with Gasteiger partial charge in [-0.1, -0.05) is 18.2 Å². The summed E-state index contributed by atoms with van der Waals surface area (Å²) in [5.41, 5.74) is 3.99. The Balaban J connectivity index is 0.00000243. The van der Waals surface area contributed by atoms with E-state index in [9.17, 15) is 0 Å². The summed E-state index contributed by atoms with van der Waals surface area (Å²) in [6.45, 7) is 1.12. The van der Waals surface area contributed by atoms with Crippen LogP contribution < -0.4 is 38.2 Å². The number of hydrogen-bond acceptors (Lipinski definition) is 3. The minimum absolute atomic E-state index is 0. The molecular formula is C21H28INO3. The molecule has 0 saturated carbocycles. The van der Waals surface area contributed by atoms with Crippen molar-refractivity contribution in [3.05, 3.63) is 53.1 Å². The Labute approximate surface area is 173 Å². The van der Waals surface area contributed by atoms with Crippen molar-refractivity contribution in [1.29, 1.82) is 0 Å². The minimum atomic E-state index is 0. The summed E-state index contributed by atoms with van der Waals surface area (Å²) in [4.78, 5) is 0. The van der Waals surface area contributed by atoms with Crippen molar-refractivity contribution in [1.82, 2.24) is 0 Å². The zero-order valence-corrected chi connectivity index (χ0v) is 18.4. The number of benzene rings is 2. The second kappa shape index (κ2) is 8.48. The molecular weight excluding hydrogens is 441 g/mol. The summed E-state index contributed by atoms with van der Waals surface area (Å²) >= 11 is 0. The third-order valence-electron chi connectivity index (χ3n) is 5.39. The van der Waals surface area contributed by atoms with Crippen LogP contribution in [0.5, 0.6) is 17.2 Å². The van der Waals surface area contributed by atoms with E-state index in [1.165, 1.54) is 16.7 Å². The van der Waals surface area contributed by atoms with Crippen LogP contribution in [0.25, 0.3) is 0 Å². The van der Waals surface area contributed by atoms with Crippen LogP contribution in [0.3, 0.4) is 0 Å². The Morgan fingerprint density at radius 1 is 0.923 bits per heavy atom. The predicted molar refractivity (Wildman–Crippen MR) is 99.7 cm³/mol. The lowest BCUT2D eigenvalue weighted by atomic mass is 9.86. The van der Waals surface area contributed by atoms with Gasteiger partial charge in [0.05, 0.1) is 47.5 Å². The maximum absolute atomic E-state index is 5.70. The summed E-state index contributed by atoms with van der Waals surface area (Å²) < 4.78 is 17.5. The van der Waals surface area contributed by atoms with Crippen LogP contribution in [-0.4, -0.2) is 46.5 Å². The Morgan fingerprint density at radius 3 is 2.27 bits per heavy atom. The highest BCUT2D eigenvalue weighted by molar-refractivity contribution is 5.46. The summed E-state index contributed by atoms with van der Waals surface area (Å²) in [6, 6.07) is 13.0. The highest BCUT2D eigenvalue weighted by Gasteiger charge is 2.38. The van der Waals surface area contributed by atoms with E-state index in [1.54, 1.807) is 21.3 Å². The van der Waals surface area contributed by atoms with E-state index in [1.807, 2.05) is 6.07 Å². The number of halogens is 1. The molecule has 1 atom stereocenters. The van der Waals surface area contributed by atoms with Crippen LogP contribution in [0.15, 0.2) is 36.4 Å². The average Bonchev–Trinajstić information content (AvgIpc) is 2.63. The normalized spacial score (nSPS) is 17.7. The third kappa shape index (κ3) is 3.93. The van der Waals surface area contributed by atoms with Gasteiger partial charge in [-0.05, 0) is 29.3 Å². The lowest BCUT2D eigenvalue weighted by molar-refractivity contribution is -0.923. The van der Waals surface area contributed by atoms with Crippen molar-refractivity contribution in [3.8, 4) is 17.2 Å². The molecule has 0 spiro atoms. The van der Waals surface area contributed by atoms with E-state index < -0.39 is 0 Å². The topological polar surface area (TPSA) is 27.7 Å². The van der Waals surface area contributed by atoms with Gasteiger partial charge >= 0.3 is 0 Å². The molecule has 3 rings (SSSR count). The number of hydrogen-bond donors (Lipinski definition) is 0. The first-order valence-corrected chi connectivity index (χ1v) is 8.69. The van der Waals surface area contributed by atoms with Gasteiger partial charge in [-0.15, -0.1) is 0 Å². The first-order valence-electron chi connectivity index (χ1n) is 8.69. The zero-order valence-electron chi connectivity index (χ0n) is 16.2. The smallest absolute Gasteiger partial charge is 0.160 e. The third-order valence-corrected chi connectivity index (χ3v) is 5.39. The lowest BCUT2D eigenvalue weighted by Crippen LogP contribution is -3.00. The van der Waals surface area contributed by atoms with E-state index in [0.717, 1.165) is 41.1 Å². The van der Waals surface area contributed by atoms with E-state index >= 15 is 0 Å². The van der Waals surface area contributed by atoms with Crippen molar-refractivity contribution in [2.45, 2.75) is 18.9 Å². The second-order valence-corrected chi connectivity index (χ2v) is 7.19. The molecule has 0 radical (unpaired) electrons. The monoisotopic (exact) mass is 469 g/mol. The molecule has 2 aromatic carbocycles. The first-order chi connectivity index (χ1) is 12.0. The summed E-state index contributed by atoms with van der Waals surface area (Å²) in [6.07, 6.45) is 2.02. The number of fused-ring (bicyclic) bond motifs is 1. The maximum Gasteiger partial charge on any atom is 0.160 e. The molecule has 0 N–H and O–H groups in total. The van der Waals surface area contributed by atoms with Crippen molar-refractivity contribution >= 4 is 0 Å². The Morgan fingerprint density at radius 2 is 1.62 bits per heavy atom. The van der Waals surface area contributed by atoms with Crippen molar-refractivity contribution in [2.75, 3.05) is 42.0 Å². The first kappa shape index (κ1) is 20.8. The molecule has 0 amide bonds. The van der Waals surface area contributed by atoms with Gasteiger partial charge in [0, 0.05) is 12.8 Å². The fourth-order valence-corrected chi connectivity index (χ4v) is 3.86. The molecule has 2 aromatic rings. The Bertz CT molecular complexity index is 747. The van der Waals surface area contributed by atoms with Gasteiger partial charge < -0.3 is 42.7 Å². The van der Waals surface area contributed by atoms with Crippen LogP contribution in [-0.2, 0) is 12.8 Å².